The zero-order valence-electron chi connectivity index (χ0n) is 13.0. The summed E-state index contributed by atoms with van der Waals surface area (Å²) in [5.74, 6) is 0.457. The van der Waals surface area contributed by atoms with E-state index in [2.05, 4.69) is 15.5 Å². The molecule has 0 aliphatic heterocycles. The summed E-state index contributed by atoms with van der Waals surface area (Å²) in [6.07, 6.45) is 4.88. The van der Waals surface area contributed by atoms with E-state index in [-0.39, 0.29) is 12.5 Å². The van der Waals surface area contributed by atoms with Crippen molar-refractivity contribution >= 4 is 12.1 Å². The fourth-order valence-electron chi connectivity index (χ4n) is 1.95. The van der Waals surface area contributed by atoms with Crippen molar-refractivity contribution in [2.75, 3.05) is 6.61 Å². The Hall–Kier alpha value is -2.69. The van der Waals surface area contributed by atoms with E-state index in [0.717, 1.165) is 28.0 Å². The molecule has 5 heteroatoms. The molecular formula is C17H19N3O2. The van der Waals surface area contributed by atoms with Gasteiger partial charge in [0.1, 0.15) is 5.75 Å². The predicted molar refractivity (Wildman–Crippen MR) is 86.1 cm³/mol. The highest BCUT2D eigenvalue weighted by Gasteiger charge is 2.08. The smallest absolute Gasteiger partial charge is 0.277 e. The molecule has 0 aliphatic carbocycles. The lowest BCUT2D eigenvalue weighted by molar-refractivity contribution is -0.123. The van der Waals surface area contributed by atoms with Crippen molar-refractivity contribution in [3.8, 4) is 5.75 Å². The molecule has 0 aliphatic rings. The minimum atomic E-state index is -0.300. The lowest BCUT2D eigenvalue weighted by Gasteiger charge is -2.13. The van der Waals surface area contributed by atoms with Crippen molar-refractivity contribution in [2.24, 2.45) is 5.10 Å². The number of hydrogen-bond acceptors (Lipinski definition) is 4. The third kappa shape index (κ3) is 4.15. The van der Waals surface area contributed by atoms with E-state index < -0.39 is 0 Å². The lowest BCUT2D eigenvalue weighted by Crippen LogP contribution is -2.25. The number of amides is 1. The Bertz CT molecular complexity index is 682. The standard InChI is InChI=1S/C17H19N3O2/c1-12-4-5-13(2)17(14(12)3)22-11-16(21)20-19-10-15-6-8-18-9-7-15/h4-10H,11H2,1-3H3,(H,20,21)/b19-10+. The second-order valence-corrected chi connectivity index (χ2v) is 5.02. The van der Waals surface area contributed by atoms with Gasteiger partial charge in [0, 0.05) is 12.4 Å². The molecular weight excluding hydrogens is 278 g/mol. The Labute approximate surface area is 130 Å². The highest BCUT2D eigenvalue weighted by molar-refractivity contribution is 5.82. The van der Waals surface area contributed by atoms with E-state index in [0.29, 0.717) is 0 Å². The fourth-order valence-corrected chi connectivity index (χ4v) is 1.95. The largest absolute Gasteiger partial charge is 0.483 e. The number of carbonyl (C=O) groups is 1. The van der Waals surface area contributed by atoms with E-state index >= 15 is 0 Å². The Morgan fingerprint density at radius 1 is 1.18 bits per heavy atom. The number of hydrazone groups is 1. The minimum absolute atomic E-state index is 0.0706. The molecule has 22 heavy (non-hydrogen) atoms. The van der Waals surface area contributed by atoms with Crippen molar-refractivity contribution in [3.05, 3.63) is 58.9 Å². The molecule has 0 atom stereocenters. The first-order valence-electron chi connectivity index (χ1n) is 6.99. The number of pyridine rings is 1. The highest BCUT2D eigenvalue weighted by Crippen LogP contribution is 2.25. The number of carbonyl (C=O) groups excluding carboxylic acids is 1. The van der Waals surface area contributed by atoms with Crippen molar-refractivity contribution in [2.45, 2.75) is 20.8 Å². The third-order valence-corrected chi connectivity index (χ3v) is 3.33. The summed E-state index contributed by atoms with van der Waals surface area (Å²) in [5.41, 5.74) is 6.50. The van der Waals surface area contributed by atoms with Crippen molar-refractivity contribution in [1.29, 1.82) is 0 Å². The van der Waals surface area contributed by atoms with Gasteiger partial charge >= 0.3 is 0 Å². The molecule has 1 amide bonds. The van der Waals surface area contributed by atoms with Crippen LogP contribution >= 0.6 is 0 Å². The van der Waals surface area contributed by atoms with Crippen LogP contribution in [0.25, 0.3) is 0 Å². The van der Waals surface area contributed by atoms with E-state index in [1.807, 2.05) is 32.9 Å². The van der Waals surface area contributed by atoms with Crippen LogP contribution in [0, 0.1) is 20.8 Å². The number of nitrogens with zero attached hydrogens (tertiary/aromatic N) is 2. The Morgan fingerprint density at radius 3 is 2.59 bits per heavy atom. The molecule has 2 aromatic rings. The van der Waals surface area contributed by atoms with Gasteiger partial charge in [-0.25, -0.2) is 5.43 Å². The lowest BCUT2D eigenvalue weighted by atomic mass is 10.1. The van der Waals surface area contributed by atoms with Crippen LogP contribution in [0.15, 0.2) is 41.8 Å². The molecule has 0 unspecified atom stereocenters. The molecule has 0 radical (unpaired) electrons. The summed E-state index contributed by atoms with van der Waals surface area (Å²) >= 11 is 0. The fraction of sp³-hybridized carbons (Fsp3) is 0.235. The first-order valence-corrected chi connectivity index (χ1v) is 6.99. The van der Waals surface area contributed by atoms with Crippen LogP contribution in [-0.2, 0) is 4.79 Å². The maximum atomic E-state index is 11.8. The number of benzene rings is 1. The topological polar surface area (TPSA) is 63.6 Å². The predicted octanol–water partition coefficient (Wildman–Crippen LogP) is 2.54. The van der Waals surface area contributed by atoms with Gasteiger partial charge in [-0.3, -0.25) is 9.78 Å². The first-order chi connectivity index (χ1) is 10.6. The summed E-state index contributed by atoms with van der Waals surface area (Å²) < 4.78 is 5.62. The number of aromatic nitrogens is 1. The van der Waals surface area contributed by atoms with Crippen LogP contribution in [0.3, 0.4) is 0 Å². The molecule has 0 fully saturated rings. The van der Waals surface area contributed by atoms with Crippen LogP contribution in [-0.4, -0.2) is 23.7 Å². The van der Waals surface area contributed by atoms with Gasteiger partial charge in [-0.2, -0.15) is 5.10 Å². The van der Waals surface area contributed by atoms with Crippen LogP contribution < -0.4 is 10.2 Å². The summed E-state index contributed by atoms with van der Waals surface area (Å²) in [6, 6.07) is 7.62. The Balaban J connectivity index is 1.89. The second kappa shape index (κ2) is 7.36. The van der Waals surface area contributed by atoms with E-state index in [1.165, 1.54) is 0 Å². The van der Waals surface area contributed by atoms with Crippen LogP contribution in [0.1, 0.15) is 22.3 Å². The number of hydrogen-bond donors (Lipinski definition) is 1. The molecule has 0 saturated heterocycles. The average molecular weight is 297 g/mol. The van der Waals surface area contributed by atoms with Gasteiger partial charge in [0.05, 0.1) is 6.21 Å². The van der Waals surface area contributed by atoms with E-state index in [4.69, 9.17) is 4.74 Å². The molecule has 0 bridgehead atoms. The molecule has 114 valence electrons. The second-order valence-electron chi connectivity index (χ2n) is 5.02. The van der Waals surface area contributed by atoms with Gasteiger partial charge < -0.3 is 4.74 Å². The van der Waals surface area contributed by atoms with Crippen LogP contribution in [0.2, 0.25) is 0 Å². The number of nitrogens with one attached hydrogen (secondary N) is 1. The molecule has 5 nitrogen and oxygen atoms in total. The zero-order valence-corrected chi connectivity index (χ0v) is 13.0. The molecule has 1 aromatic heterocycles. The molecule has 2 rings (SSSR count). The number of rotatable bonds is 5. The maximum Gasteiger partial charge on any atom is 0.277 e. The first kappa shape index (κ1) is 15.7. The van der Waals surface area contributed by atoms with Gasteiger partial charge in [-0.1, -0.05) is 12.1 Å². The molecule has 1 aromatic carbocycles. The van der Waals surface area contributed by atoms with Gasteiger partial charge in [0.2, 0.25) is 0 Å². The van der Waals surface area contributed by atoms with Crippen molar-refractivity contribution < 1.29 is 9.53 Å². The maximum absolute atomic E-state index is 11.8. The third-order valence-electron chi connectivity index (χ3n) is 3.33. The minimum Gasteiger partial charge on any atom is -0.483 e. The van der Waals surface area contributed by atoms with Gasteiger partial charge in [-0.15, -0.1) is 0 Å². The monoisotopic (exact) mass is 297 g/mol. The Kier molecular flexibility index (Phi) is 5.25. The van der Waals surface area contributed by atoms with E-state index in [1.54, 1.807) is 30.7 Å². The normalized spacial score (nSPS) is 10.7. The van der Waals surface area contributed by atoms with Gasteiger partial charge in [0.15, 0.2) is 6.61 Å². The molecule has 0 spiro atoms. The Morgan fingerprint density at radius 2 is 1.86 bits per heavy atom. The zero-order chi connectivity index (χ0) is 15.9. The average Bonchev–Trinajstić information content (AvgIpc) is 2.52. The van der Waals surface area contributed by atoms with Gasteiger partial charge in [0.25, 0.3) is 5.91 Å². The van der Waals surface area contributed by atoms with Gasteiger partial charge in [-0.05, 0) is 55.2 Å². The van der Waals surface area contributed by atoms with E-state index in [9.17, 15) is 4.79 Å². The molecule has 1 heterocycles. The van der Waals surface area contributed by atoms with Crippen molar-refractivity contribution in [3.63, 3.8) is 0 Å². The van der Waals surface area contributed by atoms with Crippen LogP contribution in [0.4, 0.5) is 0 Å². The summed E-state index contributed by atoms with van der Waals surface area (Å²) in [4.78, 5) is 15.7. The summed E-state index contributed by atoms with van der Waals surface area (Å²) in [6.45, 7) is 5.89. The highest BCUT2D eigenvalue weighted by atomic mass is 16.5. The molecule has 0 saturated carbocycles. The van der Waals surface area contributed by atoms with Crippen LogP contribution in [0.5, 0.6) is 5.75 Å². The number of aryl methyl sites for hydroxylation is 2. The summed E-state index contributed by atoms with van der Waals surface area (Å²) in [7, 11) is 0. The number of ether oxygens (including phenoxy) is 1. The quantitative estimate of drug-likeness (QED) is 0.681. The SMILES string of the molecule is Cc1ccc(C)c(OCC(=O)N/N=C/c2ccncc2)c1C. The summed E-state index contributed by atoms with van der Waals surface area (Å²) in [5, 5.41) is 3.88. The molecule has 1 N–H and O–H groups in total. The van der Waals surface area contributed by atoms with Crippen molar-refractivity contribution in [1.82, 2.24) is 10.4 Å².